The first-order valence-corrected chi connectivity index (χ1v) is 15.3. The number of alkyl carbamates (subject to hydrolysis) is 1. The maximum absolute atomic E-state index is 13.1. The molecule has 5 rings (SSSR count). The van der Waals surface area contributed by atoms with E-state index in [0.29, 0.717) is 24.9 Å². The van der Waals surface area contributed by atoms with Crippen molar-refractivity contribution < 1.29 is 19.4 Å². The number of carbonyl (C=O) groups excluding carboxylic acids is 2. The monoisotopic (exact) mass is 584 g/mol. The number of hydrogen-bond donors (Lipinski definition) is 4. The molecule has 0 unspecified atom stereocenters. The summed E-state index contributed by atoms with van der Waals surface area (Å²) in [4.78, 5) is 30.0. The first kappa shape index (κ1) is 30.7. The molecule has 1 aromatic heterocycles. The number of carbonyl (C=O) groups is 2. The van der Waals surface area contributed by atoms with E-state index in [0.717, 1.165) is 53.6 Å². The largest absolute Gasteiger partial charge is 0.447 e. The number of pyridine rings is 1. The van der Waals surface area contributed by atoms with Crippen LogP contribution in [0, 0.1) is 5.92 Å². The van der Waals surface area contributed by atoms with E-state index in [4.69, 9.17) is 15.5 Å². The molecule has 2 aliphatic carbocycles. The van der Waals surface area contributed by atoms with Crippen LogP contribution in [0.2, 0.25) is 0 Å². The Morgan fingerprint density at radius 3 is 2.28 bits per heavy atom. The molecule has 2 fully saturated rings. The second kappa shape index (κ2) is 12.1. The van der Waals surface area contributed by atoms with E-state index in [2.05, 4.69) is 10.6 Å². The van der Waals surface area contributed by atoms with Gasteiger partial charge in [-0.05, 0) is 89.3 Å². The van der Waals surface area contributed by atoms with Gasteiger partial charge in [-0.3, -0.25) is 9.78 Å². The van der Waals surface area contributed by atoms with E-state index in [1.807, 2.05) is 88.4 Å². The molecule has 2 aliphatic rings. The van der Waals surface area contributed by atoms with Gasteiger partial charge in [0.25, 0.3) is 0 Å². The Kier molecular flexibility index (Phi) is 8.63. The number of hydrogen-bond acceptors (Lipinski definition) is 6. The van der Waals surface area contributed by atoms with Crippen molar-refractivity contribution in [3.8, 4) is 22.4 Å². The minimum Gasteiger partial charge on any atom is -0.447 e. The number of nitrogens with one attached hydrogen (secondary N) is 2. The number of benzene rings is 2. The Labute approximate surface area is 254 Å². The number of nitrogens with zero attached hydrogens (tertiary/aromatic N) is 1. The molecule has 0 radical (unpaired) electrons. The van der Waals surface area contributed by atoms with E-state index < -0.39 is 11.1 Å². The first-order chi connectivity index (χ1) is 20.3. The molecular formula is C35H44N4O4. The van der Waals surface area contributed by atoms with Gasteiger partial charge in [0.2, 0.25) is 5.91 Å². The molecule has 1 heterocycles. The number of nitrogens with two attached hydrogens (primary N) is 1. The molecule has 0 bridgehead atoms. The van der Waals surface area contributed by atoms with Crippen LogP contribution in [0.15, 0.2) is 66.9 Å². The second-order valence-electron chi connectivity index (χ2n) is 13.4. The van der Waals surface area contributed by atoms with Crippen molar-refractivity contribution in [3.05, 3.63) is 72.4 Å². The Morgan fingerprint density at radius 1 is 1.02 bits per heavy atom. The maximum atomic E-state index is 13.1. The zero-order valence-electron chi connectivity index (χ0n) is 25.7. The third-order valence-corrected chi connectivity index (χ3v) is 8.81. The summed E-state index contributed by atoms with van der Waals surface area (Å²) >= 11 is 0. The van der Waals surface area contributed by atoms with Crippen LogP contribution < -0.4 is 16.4 Å². The van der Waals surface area contributed by atoms with Gasteiger partial charge in [-0.15, -0.1) is 0 Å². The fraction of sp³-hybridized carbons (Fsp3) is 0.457. The highest BCUT2D eigenvalue weighted by Gasteiger charge is 2.49. The van der Waals surface area contributed by atoms with Crippen molar-refractivity contribution in [3.63, 3.8) is 0 Å². The first-order valence-electron chi connectivity index (χ1n) is 15.3. The van der Waals surface area contributed by atoms with Crippen molar-refractivity contribution in [2.45, 2.75) is 95.4 Å². The number of aliphatic hydroxyl groups is 1. The van der Waals surface area contributed by atoms with E-state index in [-0.39, 0.29) is 29.6 Å². The topological polar surface area (TPSA) is 127 Å². The molecule has 0 saturated heterocycles. The molecule has 2 saturated carbocycles. The predicted octanol–water partition coefficient (Wildman–Crippen LogP) is 6.53. The molecule has 0 spiro atoms. The second-order valence-corrected chi connectivity index (χ2v) is 13.4. The molecule has 3 aromatic rings. The van der Waals surface area contributed by atoms with Crippen molar-refractivity contribution in [2.75, 3.05) is 5.32 Å². The van der Waals surface area contributed by atoms with Crippen LogP contribution >= 0.6 is 0 Å². The Hall–Kier alpha value is -3.75. The van der Waals surface area contributed by atoms with Gasteiger partial charge < -0.3 is 26.2 Å². The van der Waals surface area contributed by atoms with Crippen LogP contribution in [-0.2, 0) is 15.1 Å². The van der Waals surface area contributed by atoms with Crippen LogP contribution in [0.3, 0.4) is 0 Å². The molecule has 228 valence electrons. The Morgan fingerprint density at radius 2 is 1.67 bits per heavy atom. The van der Waals surface area contributed by atoms with Gasteiger partial charge in [-0.1, -0.05) is 54.6 Å². The van der Waals surface area contributed by atoms with Crippen molar-refractivity contribution in [1.82, 2.24) is 10.3 Å². The molecule has 0 atom stereocenters. The third-order valence-electron chi connectivity index (χ3n) is 8.81. The number of amides is 2. The number of ether oxygens (including phenoxy) is 1. The van der Waals surface area contributed by atoms with Crippen molar-refractivity contribution in [1.29, 1.82) is 0 Å². The smallest absolute Gasteiger partial charge is 0.407 e. The molecule has 5 N–H and O–H groups in total. The molecular weight excluding hydrogens is 540 g/mol. The molecule has 8 heteroatoms. The van der Waals surface area contributed by atoms with Gasteiger partial charge in [-0.25, -0.2) is 4.79 Å². The Bertz CT molecular complexity index is 1440. The average Bonchev–Trinajstić information content (AvgIpc) is 2.93. The molecule has 0 aliphatic heterocycles. The number of rotatable bonds is 8. The summed E-state index contributed by atoms with van der Waals surface area (Å²) in [5, 5.41) is 16.3. The van der Waals surface area contributed by atoms with E-state index in [9.17, 15) is 14.7 Å². The van der Waals surface area contributed by atoms with E-state index in [1.54, 1.807) is 6.20 Å². The van der Waals surface area contributed by atoms with Crippen LogP contribution in [0.1, 0.15) is 78.2 Å². The maximum Gasteiger partial charge on any atom is 0.407 e. The number of aromatic nitrogens is 1. The highest BCUT2D eigenvalue weighted by Crippen LogP contribution is 2.46. The summed E-state index contributed by atoms with van der Waals surface area (Å²) in [6.07, 6.45) is 5.97. The SMILES string of the molecule is CC(C)OC(=O)NC1(C)CCC(CC(=O)Nc2cnc(-c3ccc(C4(N)CC(C)(O)C4)cc3)c(-c3ccccc3)c2)CC1. The van der Waals surface area contributed by atoms with Crippen LogP contribution in [0.4, 0.5) is 10.5 Å². The Balaban J connectivity index is 1.26. The van der Waals surface area contributed by atoms with Crippen LogP contribution in [-0.4, -0.2) is 39.3 Å². The third kappa shape index (κ3) is 7.43. The lowest BCUT2D eigenvalue weighted by atomic mass is 9.63. The summed E-state index contributed by atoms with van der Waals surface area (Å²) in [5.74, 6) is 0.212. The minimum absolute atomic E-state index is 0.0386. The fourth-order valence-corrected chi connectivity index (χ4v) is 6.68. The van der Waals surface area contributed by atoms with Crippen LogP contribution in [0.25, 0.3) is 22.4 Å². The predicted molar refractivity (Wildman–Crippen MR) is 169 cm³/mol. The van der Waals surface area contributed by atoms with Gasteiger partial charge >= 0.3 is 6.09 Å². The normalized spacial score (nSPS) is 26.8. The lowest BCUT2D eigenvalue weighted by Gasteiger charge is -2.49. The van der Waals surface area contributed by atoms with Crippen molar-refractivity contribution >= 4 is 17.7 Å². The molecule has 8 nitrogen and oxygen atoms in total. The van der Waals surface area contributed by atoms with Crippen molar-refractivity contribution in [2.24, 2.45) is 11.7 Å². The van der Waals surface area contributed by atoms with Gasteiger partial charge in [0, 0.05) is 28.6 Å². The van der Waals surface area contributed by atoms with E-state index in [1.165, 1.54) is 0 Å². The lowest BCUT2D eigenvalue weighted by molar-refractivity contribution is -0.117. The zero-order valence-corrected chi connectivity index (χ0v) is 25.7. The van der Waals surface area contributed by atoms with Gasteiger partial charge in [0.1, 0.15) is 0 Å². The van der Waals surface area contributed by atoms with Gasteiger partial charge in [0.05, 0.1) is 29.3 Å². The van der Waals surface area contributed by atoms with Crippen LogP contribution in [0.5, 0.6) is 0 Å². The number of anilines is 1. The molecule has 2 amide bonds. The highest BCUT2D eigenvalue weighted by atomic mass is 16.6. The van der Waals surface area contributed by atoms with E-state index >= 15 is 0 Å². The summed E-state index contributed by atoms with van der Waals surface area (Å²) in [6.45, 7) is 7.53. The quantitative estimate of drug-likeness (QED) is 0.239. The standard InChI is InChI=1S/C35H44N4O4/c1-23(2)43-32(41)39-33(3)16-14-24(15-17-33)18-30(40)38-28-19-29(25-8-6-5-7-9-25)31(37-20-28)26-10-12-27(13-11-26)35(36)21-34(4,42)22-35/h5-13,19-20,23-24,42H,14-18,21-22,36H2,1-4H3,(H,38,40)(H,39,41). The summed E-state index contributed by atoms with van der Waals surface area (Å²) in [5.41, 5.74) is 10.4. The fourth-order valence-electron chi connectivity index (χ4n) is 6.68. The average molecular weight is 585 g/mol. The summed E-state index contributed by atoms with van der Waals surface area (Å²) in [7, 11) is 0. The summed E-state index contributed by atoms with van der Waals surface area (Å²) in [6, 6.07) is 20.1. The summed E-state index contributed by atoms with van der Waals surface area (Å²) < 4.78 is 5.25. The minimum atomic E-state index is -0.715. The molecule has 2 aromatic carbocycles. The lowest BCUT2D eigenvalue weighted by Crippen LogP contribution is -2.58. The van der Waals surface area contributed by atoms with Gasteiger partial charge in [-0.2, -0.15) is 0 Å². The zero-order chi connectivity index (χ0) is 30.8. The highest BCUT2D eigenvalue weighted by molar-refractivity contribution is 5.93. The molecule has 43 heavy (non-hydrogen) atoms. The van der Waals surface area contributed by atoms with Gasteiger partial charge in [0.15, 0.2) is 0 Å².